The first-order valence-electron chi connectivity index (χ1n) is 4.61. The molecule has 1 N–H and O–H groups in total. The van der Waals surface area contributed by atoms with E-state index in [1.54, 1.807) is 11.3 Å². The predicted molar refractivity (Wildman–Crippen MR) is 67.7 cm³/mol. The summed E-state index contributed by atoms with van der Waals surface area (Å²) < 4.78 is 0. The van der Waals surface area contributed by atoms with Crippen molar-refractivity contribution in [2.24, 2.45) is 0 Å². The van der Waals surface area contributed by atoms with Gasteiger partial charge in [-0.2, -0.15) is 12.6 Å². The maximum absolute atomic E-state index is 4.22. The Hall–Kier alpha value is -1.07. The van der Waals surface area contributed by atoms with Crippen LogP contribution in [0, 0.1) is 0 Å². The molecule has 2 rings (SSSR count). The molecular weight excluding hydrogens is 226 g/mol. The van der Waals surface area contributed by atoms with E-state index in [2.05, 4.69) is 34.0 Å². The average molecular weight is 237 g/mol. The van der Waals surface area contributed by atoms with Gasteiger partial charge >= 0.3 is 0 Å². The molecule has 0 saturated carbocycles. The third kappa shape index (κ3) is 2.70. The highest BCUT2D eigenvalue weighted by Crippen LogP contribution is 2.23. The Labute approximate surface area is 98.0 Å². The number of hydrogen-bond donors (Lipinski definition) is 2. The monoisotopic (exact) mass is 237 g/mol. The third-order valence-corrected chi connectivity index (χ3v) is 2.99. The lowest BCUT2D eigenvalue weighted by atomic mass is 10.3. The average Bonchev–Trinajstić information content (AvgIpc) is 2.80. The Kier molecular flexibility index (Phi) is 3.58. The van der Waals surface area contributed by atoms with Crippen molar-refractivity contribution in [2.75, 3.05) is 17.6 Å². The quantitative estimate of drug-likeness (QED) is 0.803. The van der Waals surface area contributed by atoms with Crippen LogP contribution in [0.1, 0.15) is 0 Å². The third-order valence-electron chi connectivity index (χ3n) is 1.85. The Morgan fingerprint density at radius 2 is 2.13 bits per heavy atom. The molecule has 0 aliphatic carbocycles. The Bertz CT molecular complexity index is 397. The van der Waals surface area contributed by atoms with Crippen LogP contribution in [0.3, 0.4) is 0 Å². The molecule has 2 aromatic rings. The first-order valence-corrected chi connectivity index (χ1v) is 6.12. The smallest absolute Gasteiger partial charge is 0.222 e. The van der Waals surface area contributed by atoms with Crippen molar-refractivity contribution in [3.05, 3.63) is 29.9 Å². The van der Waals surface area contributed by atoms with Crippen molar-refractivity contribution in [1.82, 2.24) is 9.97 Å². The van der Waals surface area contributed by atoms with Crippen LogP contribution in [0.15, 0.2) is 29.9 Å². The minimum absolute atomic E-state index is 0.657. The molecular formula is C10H11N3S2. The van der Waals surface area contributed by atoms with Crippen LogP contribution >= 0.6 is 24.0 Å². The number of nitrogens with one attached hydrogen (secondary N) is 1. The van der Waals surface area contributed by atoms with E-state index in [9.17, 15) is 0 Å². The van der Waals surface area contributed by atoms with E-state index < -0.39 is 0 Å². The van der Waals surface area contributed by atoms with Gasteiger partial charge in [0.05, 0.1) is 0 Å². The zero-order valence-electron chi connectivity index (χ0n) is 8.05. The fraction of sp³-hybridized carbons (Fsp3) is 0.200. The lowest BCUT2D eigenvalue weighted by Gasteiger charge is -2.02. The highest BCUT2D eigenvalue weighted by molar-refractivity contribution is 7.80. The van der Waals surface area contributed by atoms with Gasteiger partial charge in [0.15, 0.2) is 0 Å². The van der Waals surface area contributed by atoms with Crippen LogP contribution in [0.5, 0.6) is 0 Å². The molecule has 0 saturated heterocycles. The highest BCUT2D eigenvalue weighted by Gasteiger charge is 2.00. The molecule has 0 bridgehead atoms. The van der Waals surface area contributed by atoms with Gasteiger partial charge in [0.25, 0.3) is 0 Å². The van der Waals surface area contributed by atoms with Gasteiger partial charge in [0, 0.05) is 35.1 Å². The van der Waals surface area contributed by atoms with E-state index in [4.69, 9.17) is 0 Å². The summed E-state index contributed by atoms with van der Waals surface area (Å²) in [5.41, 5.74) is 1.06. The molecule has 2 aromatic heterocycles. The van der Waals surface area contributed by atoms with Crippen molar-refractivity contribution < 1.29 is 0 Å². The van der Waals surface area contributed by atoms with Gasteiger partial charge < -0.3 is 5.32 Å². The lowest BCUT2D eigenvalue weighted by molar-refractivity contribution is 1.09. The Morgan fingerprint density at radius 1 is 1.33 bits per heavy atom. The maximum Gasteiger partial charge on any atom is 0.222 e. The zero-order chi connectivity index (χ0) is 10.5. The molecule has 0 radical (unpaired) electrons. The highest BCUT2D eigenvalue weighted by atomic mass is 32.1. The standard InChI is InChI=1S/C10H11N3S2/c14-4-3-11-10-12-6-8(7-13-10)9-2-1-5-15-9/h1-2,5-7,14H,3-4H2,(H,11,12,13). The maximum atomic E-state index is 4.22. The molecule has 0 amide bonds. The molecule has 0 aliphatic heterocycles. The molecule has 3 nitrogen and oxygen atoms in total. The summed E-state index contributed by atoms with van der Waals surface area (Å²) in [5, 5.41) is 5.12. The number of anilines is 1. The second-order valence-corrected chi connectivity index (χ2v) is 4.32. The molecule has 5 heteroatoms. The van der Waals surface area contributed by atoms with E-state index in [1.807, 2.05) is 23.8 Å². The molecule has 0 aliphatic rings. The van der Waals surface area contributed by atoms with Crippen molar-refractivity contribution in [3.8, 4) is 10.4 Å². The van der Waals surface area contributed by atoms with Gasteiger partial charge in [-0.1, -0.05) is 6.07 Å². The molecule has 78 valence electrons. The van der Waals surface area contributed by atoms with Crippen LogP contribution < -0.4 is 5.32 Å². The van der Waals surface area contributed by atoms with Crippen LogP contribution in [-0.4, -0.2) is 22.3 Å². The summed E-state index contributed by atoms with van der Waals surface area (Å²) >= 11 is 5.79. The second-order valence-electron chi connectivity index (χ2n) is 2.92. The minimum Gasteiger partial charge on any atom is -0.353 e. The first kappa shape index (κ1) is 10.4. The molecule has 0 spiro atoms. The van der Waals surface area contributed by atoms with E-state index >= 15 is 0 Å². The Balaban J connectivity index is 2.11. The Morgan fingerprint density at radius 3 is 2.73 bits per heavy atom. The van der Waals surface area contributed by atoms with Gasteiger partial charge in [-0.05, 0) is 11.4 Å². The molecule has 0 atom stereocenters. The normalized spacial score (nSPS) is 10.2. The van der Waals surface area contributed by atoms with Gasteiger partial charge in [-0.15, -0.1) is 11.3 Å². The largest absolute Gasteiger partial charge is 0.353 e. The van der Waals surface area contributed by atoms with E-state index in [0.717, 1.165) is 17.9 Å². The number of thiol groups is 1. The number of rotatable bonds is 4. The summed E-state index contributed by atoms with van der Waals surface area (Å²) in [6.45, 7) is 0.779. The summed E-state index contributed by atoms with van der Waals surface area (Å²) in [7, 11) is 0. The molecule has 0 unspecified atom stereocenters. The van der Waals surface area contributed by atoms with Gasteiger partial charge in [-0.3, -0.25) is 0 Å². The SMILES string of the molecule is SCCNc1ncc(-c2cccs2)cn1. The van der Waals surface area contributed by atoms with Gasteiger partial charge in [0.2, 0.25) is 5.95 Å². The van der Waals surface area contributed by atoms with E-state index in [1.165, 1.54) is 4.88 Å². The van der Waals surface area contributed by atoms with Gasteiger partial charge in [-0.25, -0.2) is 9.97 Å². The number of nitrogens with zero attached hydrogens (tertiary/aromatic N) is 2. The zero-order valence-corrected chi connectivity index (χ0v) is 9.76. The summed E-state index contributed by atoms with van der Waals surface area (Å²) in [4.78, 5) is 9.64. The number of aromatic nitrogens is 2. The molecule has 15 heavy (non-hydrogen) atoms. The predicted octanol–water partition coefficient (Wildman–Crippen LogP) is 2.55. The van der Waals surface area contributed by atoms with Crippen molar-refractivity contribution in [3.63, 3.8) is 0 Å². The van der Waals surface area contributed by atoms with Gasteiger partial charge in [0.1, 0.15) is 0 Å². The summed E-state index contributed by atoms with van der Waals surface area (Å²) in [5.74, 6) is 1.43. The van der Waals surface area contributed by atoms with E-state index in [0.29, 0.717) is 5.95 Å². The number of hydrogen-bond acceptors (Lipinski definition) is 5. The molecule has 0 aromatic carbocycles. The van der Waals surface area contributed by atoms with Crippen molar-refractivity contribution >= 4 is 29.9 Å². The fourth-order valence-electron chi connectivity index (χ4n) is 1.16. The van der Waals surface area contributed by atoms with Crippen LogP contribution in [-0.2, 0) is 0 Å². The van der Waals surface area contributed by atoms with Crippen molar-refractivity contribution in [2.45, 2.75) is 0 Å². The topological polar surface area (TPSA) is 37.8 Å². The number of thiophene rings is 1. The van der Waals surface area contributed by atoms with Crippen molar-refractivity contribution in [1.29, 1.82) is 0 Å². The first-order chi connectivity index (χ1) is 7.40. The summed E-state index contributed by atoms with van der Waals surface area (Å²) in [6, 6.07) is 4.08. The molecule has 0 fully saturated rings. The lowest BCUT2D eigenvalue weighted by Crippen LogP contribution is -2.05. The second kappa shape index (κ2) is 5.14. The molecule has 2 heterocycles. The van der Waals surface area contributed by atoms with Crippen LogP contribution in [0.4, 0.5) is 5.95 Å². The summed E-state index contributed by atoms with van der Waals surface area (Å²) in [6.07, 6.45) is 3.67. The van der Waals surface area contributed by atoms with Crippen LogP contribution in [0.2, 0.25) is 0 Å². The van der Waals surface area contributed by atoms with Crippen LogP contribution in [0.25, 0.3) is 10.4 Å². The minimum atomic E-state index is 0.657. The fourth-order valence-corrected chi connectivity index (χ4v) is 1.97. The van der Waals surface area contributed by atoms with E-state index in [-0.39, 0.29) is 0 Å².